The van der Waals surface area contributed by atoms with E-state index in [1.807, 2.05) is 25.1 Å². The molecule has 1 aromatic heterocycles. The number of carbonyl (C=O) groups is 3. The predicted octanol–water partition coefficient (Wildman–Crippen LogP) is 2.88. The standard InChI is InChI=1S/C32H39N3O7S/c1-14-10-18(43-15(14)2)9-7-8-16-13-21(34(3)4)19-11-17-12-20-25(35(5)6)28(38)24(31(33)41)30(40)32(20,42)29(39)22(17)27(37)23(19)26(16)36/h10,13,17,20,25,36-37,40,42H,7-9,11-12H2,1-6H3,(H2,33,41). The minimum atomic E-state index is -2.65. The van der Waals surface area contributed by atoms with Gasteiger partial charge in [0.25, 0.3) is 5.91 Å². The van der Waals surface area contributed by atoms with Crippen LogP contribution in [0.3, 0.4) is 0 Å². The minimum absolute atomic E-state index is 0.0563. The average Bonchev–Trinajstić information content (AvgIpc) is 3.23. The number of phenols is 1. The molecule has 43 heavy (non-hydrogen) atoms. The van der Waals surface area contributed by atoms with Gasteiger partial charge in [-0.05, 0) is 94.8 Å². The molecule has 1 saturated carbocycles. The van der Waals surface area contributed by atoms with Gasteiger partial charge in [0, 0.05) is 41.0 Å². The smallest absolute Gasteiger partial charge is 0.255 e. The Morgan fingerprint density at radius 1 is 1.09 bits per heavy atom. The molecule has 2 aromatic rings. The number of nitrogens with two attached hydrogens (primary N) is 1. The molecule has 11 heteroatoms. The van der Waals surface area contributed by atoms with E-state index in [1.54, 1.807) is 25.4 Å². The summed E-state index contributed by atoms with van der Waals surface area (Å²) in [4.78, 5) is 45.5. The lowest BCUT2D eigenvalue weighted by Gasteiger charge is -2.50. The highest BCUT2D eigenvalue weighted by Crippen LogP contribution is 2.54. The lowest BCUT2D eigenvalue weighted by atomic mass is 9.57. The number of hydrogen-bond donors (Lipinski definition) is 5. The fraction of sp³-hybridized carbons (Fsp3) is 0.469. The van der Waals surface area contributed by atoms with Gasteiger partial charge in [0.1, 0.15) is 22.8 Å². The minimum Gasteiger partial charge on any atom is -0.508 e. The molecule has 0 radical (unpaired) electrons. The molecular formula is C32H39N3O7S. The first-order chi connectivity index (χ1) is 20.1. The number of hydrogen-bond acceptors (Lipinski definition) is 10. The first-order valence-corrected chi connectivity index (χ1v) is 15.2. The van der Waals surface area contributed by atoms with Crippen molar-refractivity contribution in [3.05, 3.63) is 61.0 Å². The summed E-state index contributed by atoms with van der Waals surface area (Å²) in [6, 6.07) is 2.98. The average molecular weight is 610 g/mol. The number of primary amides is 1. The topological polar surface area (TPSA) is 165 Å². The number of benzene rings is 1. The van der Waals surface area contributed by atoms with E-state index in [4.69, 9.17) is 5.73 Å². The van der Waals surface area contributed by atoms with Crippen molar-refractivity contribution < 1.29 is 34.8 Å². The van der Waals surface area contributed by atoms with Gasteiger partial charge in [-0.1, -0.05) is 0 Å². The molecule has 0 bridgehead atoms. The maximum Gasteiger partial charge on any atom is 0.255 e. The number of fused-ring (bicyclic) bond motifs is 3. The van der Waals surface area contributed by atoms with E-state index in [2.05, 4.69) is 19.9 Å². The van der Waals surface area contributed by atoms with Crippen LogP contribution in [0.2, 0.25) is 0 Å². The summed E-state index contributed by atoms with van der Waals surface area (Å²) in [6.45, 7) is 4.17. The Balaban J connectivity index is 1.61. The normalized spacial score (nSPS) is 25.2. The second-order valence-corrected chi connectivity index (χ2v) is 13.8. The molecule has 0 aliphatic heterocycles. The highest BCUT2D eigenvalue weighted by molar-refractivity contribution is 7.12. The number of aliphatic hydroxyl groups is 3. The number of phenolic OH excluding ortho intramolecular Hbond substituents is 1. The Morgan fingerprint density at radius 3 is 2.33 bits per heavy atom. The van der Waals surface area contributed by atoms with Crippen molar-refractivity contribution in [2.24, 2.45) is 17.6 Å². The predicted molar refractivity (Wildman–Crippen MR) is 164 cm³/mol. The van der Waals surface area contributed by atoms with Crippen LogP contribution in [0.25, 0.3) is 5.76 Å². The molecule has 1 aromatic carbocycles. The Labute approximate surface area is 254 Å². The summed E-state index contributed by atoms with van der Waals surface area (Å²) in [5.74, 6) is -6.44. The quantitative estimate of drug-likeness (QED) is 0.297. The summed E-state index contributed by atoms with van der Waals surface area (Å²) in [5, 5.41) is 46.0. The fourth-order valence-corrected chi connectivity index (χ4v) is 8.26. The highest BCUT2D eigenvalue weighted by Gasteiger charge is 2.64. The zero-order valence-electron chi connectivity index (χ0n) is 25.3. The second-order valence-electron chi connectivity index (χ2n) is 12.4. The van der Waals surface area contributed by atoms with E-state index in [1.165, 1.54) is 20.2 Å². The van der Waals surface area contributed by atoms with Crippen molar-refractivity contribution >= 4 is 40.3 Å². The number of aromatic hydroxyl groups is 1. The van der Waals surface area contributed by atoms with Crippen LogP contribution in [0, 0.1) is 25.7 Å². The zero-order chi connectivity index (χ0) is 31.7. The second kappa shape index (κ2) is 10.8. The molecular weight excluding hydrogens is 570 g/mol. The fourth-order valence-electron chi connectivity index (χ4n) is 7.16. The molecule has 6 N–H and O–H groups in total. The SMILES string of the molecule is Cc1cc(CCCc2cc(N(C)C)c3c(c2O)C(O)=C2C(=O)C4(O)C(O)=C(C(N)=O)C(=O)C(N(C)C)C4CC2C3)sc1C. The lowest BCUT2D eigenvalue weighted by molar-refractivity contribution is -0.153. The number of anilines is 1. The first kappa shape index (κ1) is 30.8. The number of nitrogens with zero attached hydrogens (tertiary/aromatic N) is 2. The third-order valence-corrected chi connectivity index (χ3v) is 10.6. The molecule has 1 amide bonds. The summed E-state index contributed by atoms with van der Waals surface area (Å²) in [5.41, 5.74) is 5.22. The van der Waals surface area contributed by atoms with Crippen molar-refractivity contribution in [1.29, 1.82) is 0 Å². The van der Waals surface area contributed by atoms with E-state index < -0.39 is 58.0 Å². The third kappa shape index (κ3) is 4.65. The Bertz CT molecular complexity index is 1600. The van der Waals surface area contributed by atoms with Crippen LogP contribution < -0.4 is 10.6 Å². The van der Waals surface area contributed by atoms with Gasteiger partial charge in [0.15, 0.2) is 11.4 Å². The van der Waals surface area contributed by atoms with Gasteiger partial charge in [0.05, 0.1) is 11.6 Å². The maximum atomic E-state index is 14.1. The van der Waals surface area contributed by atoms with Crippen molar-refractivity contribution in [2.75, 3.05) is 33.1 Å². The van der Waals surface area contributed by atoms with E-state index in [9.17, 15) is 34.8 Å². The molecule has 1 fully saturated rings. The molecule has 0 spiro atoms. The molecule has 1 heterocycles. The molecule has 230 valence electrons. The first-order valence-electron chi connectivity index (χ1n) is 14.4. The van der Waals surface area contributed by atoms with Gasteiger partial charge in [-0.25, -0.2) is 0 Å². The van der Waals surface area contributed by atoms with Crippen LogP contribution in [0.4, 0.5) is 5.69 Å². The summed E-state index contributed by atoms with van der Waals surface area (Å²) in [6.07, 6.45) is 2.42. The summed E-state index contributed by atoms with van der Waals surface area (Å²) < 4.78 is 0. The number of likely N-dealkylation sites (N-methyl/N-ethyl adjacent to an activating group) is 1. The zero-order valence-corrected chi connectivity index (χ0v) is 26.1. The number of amides is 1. The van der Waals surface area contributed by atoms with Gasteiger partial charge >= 0.3 is 0 Å². The van der Waals surface area contributed by atoms with Crippen molar-refractivity contribution in [3.63, 3.8) is 0 Å². The number of carbonyl (C=O) groups excluding carboxylic acids is 3. The molecule has 3 aliphatic carbocycles. The van der Waals surface area contributed by atoms with Gasteiger partial charge in [-0.3, -0.25) is 19.3 Å². The molecule has 5 rings (SSSR count). The molecule has 4 unspecified atom stereocenters. The van der Waals surface area contributed by atoms with Crippen molar-refractivity contribution in [1.82, 2.24) is 4.90 Å². The Morgan fingerprint density at radius 2 is 1.77 bits per heavy atom. The van der Waals surface area contributed by atoms with Crippen LogP contribution in [0.5, 0.6) is 5.75 Å². The van der Waals surface area contributed by atoms with Gasteiger partial charge in [-0.15, -0.1) is 11.3 Å². The maximum absolute atomic E-state index is 14.1. The molecule has 4 atom stereocenters. The van der Waals surface area contributed by atoms with Crippen LogP contribution >= 0.6 is 11.3 Å². The number of aryl methyl sites for hydroxylation is 4. The monoisotopic (exact) mass is 609 g/mol. The van der Waals surface area contributed by atoms with E-state index in [0.29, 0.717) is 17.5 Å². The van der Waals surface area contributed by atoms with Crippen LogP contribution in [-0.2, 0) is 33.6 Å². The van der Waals surface area contributed by atoms with Crippen molar-refractivity contribution in [3.8, 4) is 5.75 Å². The van der Waals surface area contributed by atoms with Gasteiger partial charge < -0.3 is 31.1 Å². The van der Waals surface area contributed by atoms with E-state index >= 15 is 0 Å². The third-order valence-electron chi connectivity index (χ3n) is 9.34. The summed E-state index contributed by atoms with van der Waals surface area (Å²) in [7, 11) is 6.89. The largest absolute Gasteiger partial charge is 0.508 e. The number of aliphatic hydroxyl groups excluding tert-OH is 2. The molecule has 0 saturated heterocycles. The number of ketones is 2. The summed E-state index contributed by atoms with van der Waals surface area (Å²) >= 11 is 1.75. The van der Waals surface area contributed by atoms with E-state index in [0.717, 1.165) is 18.5 Å². The molecule has 3 aliphatic rings. The van der Waals surface area contributed by atoms with Gasteiger partial charge in [0.2, 0.25) is 5.78 Å². The van der Waals surface area contributed by atoms with E-state index in [-0.39, 0.29) is 29.7 Å². The lowest BCUT2D eigenvalue weighted by Crippen LogP contribution is -2.65. The van der Waals surface area contributed by atoms with Crippen molar-refractivity contribution in [2.45, 2.75) is 57.6 Å². The van der Waals surface area contributed by atoms with Crippen LogP contribution in [-0.4, -0.2) is 82.6 Å². The number of rotatable bonds is 7. The number of Topliss-reactive ketones (excluding diaryl/α,β-unsaturated/α-hetero) is 2. The molecule has 10 nitrogen and oxygen atoms in total. The van der Waals surface area contributed by atoms with Gasteiger partial charge in [-0.2, -0.15) is 0 Å². The van der Waals surface area contributed by atoms with Crippen LogP contribution in [0.1, 0.15) is 44.8 Å². The van der Waals surface area contributed by atoms with Crippen LogP contribution in [0.15, 0.2) is 29.0 Å². The Hall–Kier alpha value is -3.67. The Kier molecular flexibility index (Phi) is 7.73. The number of thiophene rings is 1. The highest BCUT2D eigenvalue weighted by atomic mass is 32.1.